The van der Waals surface area contributed by atoms with E-state index in [9.17, 15) is 17.6 Å². The van der Waals surface area contributed by atoms with Crippen molar-refractivity contribution in [3.63, 3.8) is 0 Å². The number of nitrogens with zero attached hydrogens (tertiary/aromatic N) is 1. The minimum Gasteiger partial charge on any atom is -0.312 e. The number of sulfonamides is 1. The van der Waals surface area contributed by atoms with Crippen LogP contribution >= 0.6 is 0 Å². The van der Waals surface area contributed by atoms with E-state index in [0.717, 1.165) is 17.7 Å². The third-order valence-corrected chi connectivity index (χ3v) is 5.33. The fraction of sp³-hybridized carbons (Fsp3) is 0.278. The molecule has 0 aliphatic heterocycles. The fourth-order valence-corrected chi connectivity index (χ4v) is 3.74. The molecule has 0 saturated heterocycles. The number of benzene rings is 2. The van der Waals surface area contributed by atoms with Crippen molar-refractivity contribution in [1.82, 2.24) is 4.72 Å². The van der Waals surface area contributed by atoms with Crippen LogP contribution in [0.2, 0.25) is 0 Å². The number of halogens is 1. The van der Waals surface area contributed by atoms with E-state index in [1.165, 1.54) is 17.9 Å². The first-order valence-corrected chi connectivity index (χ1v) is 9.35. The van der Waals surface area contributed by atoms with E-state index < -0.39 is 15.8 Å². The lowest BCUT2D eigenvalue weighted by Gasteiger charge is -2.21. The summed E-state index contributed by atoms with van der Waals surface area (Å²) in [6.45, 7) is 5.28. The molecule has 1 amide bonds. The maximum absolute atomic E-state index is 13.1. The largest absolute Gasteiger partial charge is 0.312 e. The van der Waals surface area contributed by atoms with Gasteiger partial charge < -0.3 is 4.90 Å². The van der Waals surface area contributed by atoms with Crippen molar-refractivity contribution in [1.29, 1.82) is 0 Å². The minimum absolute atomic E-state index is 0.0414. The Morgan fingerprint density at radius 3 is 2.48 bits per heavy atom. The van der Waals surface area contributed by atoms with Crippen LogP contribution in [0.15, 0.2) is 47.4 Å². The molecule has 0 aliphatic carbocycles. The van der Waals surface area contributed by atoms with E-state index in [-0.39, 0.29) is 22.9 Å². The predicted octanol–water partition coefficient (Wildman–Crippen LogP) is 2.77. The van der Waals surface area contributed by atoms with Crippen molar-refractivity contribution >= 4 is 21.6 Å². The van der Waals surface area contributed by atoms with Crippen molar-refractivity contribution in [3.8, 4) is 0 Å². The minimum atomic E-state index is -3.90. The first-order valence-electron chi connectivity index (χ1n) is 7.87. The Kier molecular flexibility index (Phi) is 5.92. The molecule has 7 heteroatoms. The second kappa shape index (κ2) is 7.76. The summed E-state index contributed by atoms with van der Waals surface area (Å²) >= 11 is 0. The summed E-state index contributed by atoms with van der Waals surface area (Å²) < 4.78 is 40.2. The summed E-state index contributed by atoms with van der Waals surface area (Å²) in [6, 6.07) is 10.8. The first-order chi connectivity index (χ1) is 11.7. The molecule has 2 aromatic rings. The molecule has 0 aromatic heterocycles. The molecule has 0 saturated carbocycles. The second-order valence-corrected chi connectivity index (χ2v) is 7.45. The average molecular weight is 364 g/mol. The van der Waals surface area contributed by atoms with Crippen molar-refractivity contribution in [3.05, 3.63) is 59.4 Å². The zero-order chi connectivity index (χ0) is 18.6. The summed E-state index contributed by atoms with van der Waals surface area (Å²) in [7, 11) is -3.90. The van der Waals surface area contributed by atoms with Crippen LogP contribution in [0.3, 0.4) is 0 Å². The van der Waals surface area contributed by atoms with Crippen LogP contribution in [0.25, 0.3) is 0 Å². The highest BCUT2D eigenvalue weighted by molar-refractivity contribution is 7.89. The Bertz CT molecular complexity index is 882. The Hall–Kier alpha value is -2.25. The summed E-state index contributed by atoms with van der Waals surface area (Å²) in [6.07, 6.45) is 0. The number of nitrogens with one attached hydrogen (secondary N) is 1. The monoisotopic (exact) mass is 364 g/mol. The SMILES string of the molecule is CCN(C(=O)CNS(=O)(=O)c1ccc(F)cc1C)c1cccc(C)c1. The molecule has 0 bridgehead atoms. The van der Waals surface area contributed by atoms with Crippen LogP contribution in [0.1, 0.15) is 18.1 Å². The molecular weight excluding hydrogens is 343 g/mol. The summed E-state index contributed by atoms with van der Waals surface area (Å²) in [5.41, 5.74) is 2.00. The molecule has 5 nitrogen and oxygen atoms in total. The van der Waals surface area contributed by atoms with E-state index in [2.05, 4.69) is 4.72 Å². The molecule has 0 atom stereocenters. The number of rotatable bonds is 6. The van der Waals surface area contributed by atoms with E-state index in [4.69, 9.17) is 0 Å². The Morgan fingerprint density at radius 1 is 1.16 bits per heavy atom. The molecule has 25 heavy (non-hydrogen) atoms. The molecule has 0 spiro atoms. The van der Waals surface area contributed by atoms with Crippen LogP contribution in [-0.4, -0.2) is 27.4 Å². The molecule has 0 heterocycles. The lowest BCUT2D eigenvalue weighted by Crippen LogP contribution is -2.40. The molecule has 1 N–H and O–H groups in total. The van der Waals surface area contributed by atoms with Gasteiger partial charge in [-0.1, -0.05) is 12.1 Å². The van der Waals surface area contributed by atoms with Gasteiger partial charge in [-0.15, -0.1) is 0 Å². The maximum atomic E-state index is 13.1. The van der Waals surface area contributed by atoms with Crippen molar-refractivity contribution < 1.29 is 17.6 Å². The second-order valence-electron chi connectivity index (χ2n) is 5.71. The standard InChI is InChI=1S/C18H21FN2O3S/c1-4-21(16-7-5-6-13(2)10-16)18(22)12-20-25(23,24)17-9-8-15(19)11-14(17)3/h5-11,20H,4,12H2,1-3H3. The van der Waals surface area contributed by atoms with Gasteiger partial charge in [-0.25, -0.2) is 17.5 Å². The Morgan fingerprint density at radius 2 is 1.88 bits per heavy atom. The highest BCUT2D eigenvalue weighted by atomic mass is 32.2. The number of likely N-dealkylation sites (N-methyl/N-ethyl adjacent to an activating group) is 1. The number of hydrogen-bond donors (Lipinski definition) is 1. The van der Waals surface area contributed by atoms with E-state index >= 15 is 0 Å². The smallest absolute Gasteiger partial charge is 0.242 e. The van der Waals surface area contributed by atoms with Crippen LogP contribution < -0.4 is 9.62 Å². The van der Waals surface area contributed by atoms with Gasteiger partial charge in [-0.05, 0) is 62.2 Å². The average Bonchev–Trinajstić information content (AvgIpc) is 2.53. The topological polar surface area (TPSA) is 66.5 Å². The van der Waals surface area contributed by atoms with Crippen molar-refractivity contribution in [2.75, 3.05) is 18.0 Å². The number of hydrogen-bond acceptors (Lipinski definition) is 3. The number of aryl methyl sites for hydroxylation is 2. The quantitative estimate of drug-likeness (QED) is 0.857. The lowest BCUT2D eigenvalue weighted by molar-refractivity contribution is -0.117. The van der Waals surface area contributed by atoms with Crippen LogP contribution in [0.4, 0.5) is 10.1 Å². The molecule has 0 fully saturated rings. The Balaban J connectivity index is 2.14. The van der Waals surface area contributed by atoms with Crippen LogP contribution in [0, 0.1) is 19.7 Å². The molecule has 2 rings (SSSR count). The van der Waals surface area contributed by atoms with E-state index in [1.54, 1.807) is 6.07 Å². The zero-order valence-electron chi connectivity index (χ0n) is 14.4. The number of amides is 1. The van der Waals surface area contributed by atoms with Gasteiger partial charge in [0.15, 0.2) is 0 Å². The number of anilines is 1. The molecule has 0 aliphatic rings. The maximum Gasteiger partial charge on any atom is 0.242 e. The van der Waals surface area contributed by atoms with Gasteiger partial charge in [-0.3, -0.25) is 4.79 Å². The molecule has 2 aromatic carbocycles. The molecular formula is C18H21FN2O3S. The number of carbonyl (C=O) groups excluding carboxylic acids is 1. The third kappa shape index (κ3) is 4.64. The van der Waals surface area contributed by atoms with Crippen molar-refractivity contribution in [2.24, 2.45) is 0 Å². The van der Waals surface area contributed by atoms with Crippen molar-refractivity contribution in [2.45, 2.75) is 25.7 Å². The van der Waals surface area contributed by atoms with Gasteiger partial charge in [0.25, 0.3) is 0 Å². The molecule has 134 valence electrons. The highest BCUT2D eigenvalue weighted by Crippen LogP contribution is 2.17. The molecule has 0 radical (unpaired) electrons. The zero-order valence-corrected chi connectivity index (χ0v) is 15.2. The number of carbonyl (C=O) groups is 1. The van der Waals surface area contributed by atoms with Crippen LogP contribution in [-0.2, 0) is 14.8 Å². The first kappa shape index (κ1) is 19.1. The van der Waals surface area contributed by atoms with E-state index in [0.29, 0.717) is 12.2 Å². The lowest BCUT2D eigenvalue weighted by atomic mass is 10.2. The highest BCUT2D eigenvalue weighted by Gasteiger charge is 2.21. The third-order valence-electron chi connectivity index (χ3n) is 3.77. The van der Waals surface area contributed by atoms with Crippen LogP contribution in [0.5, 0.6) is 0 Å². The normalized spacial score (nSPS) is 11.4. The van der Waals surface area contributed by atoms with Gasteiger partial charge >= 0.3 is 0 Å². The van der Waals surface area contributed by atoms with Gasteiger partial charge in [0, 0.05) is 12.2 Å². The summed E-state index contributed by atoms with van der Waals surface area (Å²) in [5.74, 6) is -0.874. The summed E-state index contributed by atoms with van der Waals surface area (Å²) in [5, 5.41) is 0. The van der Waals surface area contributed by atoms with Gasteiger partial charge in [-0.2, -0.15) is 0 Å². The predicted molar refractivity (Wildman–Crippen MR) is 95.5 cm³/mol. The van der Waals surface area contributed by atoms with Gasteiger partial charge in [0.05, 0.1) is 11.4 Å². The fourth-order valence-electron chi connectivity index (χ4n) is 2.54. The Labute approximate surface area is 147 Å². The van der Waals surface area contributed by atoms with Gasteiger partial charge in [0.1, 0.15) is 5.82 Å². The summed E-state index contributed by atoms with van der Waals surface area (Å²) in [4.78, 5) is 13.9. The van der Waals surface area contributed by atoms with Gasteiger partial charge in [0.2, 0.25) is 15.9 Å². The molecule has 0 unspecified atom stereocenters. The van der Waals surface area contributed by atoms with E-state index in [1.807, 2.05) is 32.0 Å².